The molecule has 0 aliphatic heterocycles. The molecule has 0 aliphatic carbocycles. The summed E-state index contributed by atoms with van der Waals surface area (Å²) in [6.07, 6.45) is 0. The summed E-state index contributed by atoms with van der Waals surface area (Å²) in [7, 11) is -2.17. The molecule has 0 saturated heterocycles. The highest BCUT2D eigenvalue weighted by Crippen LogP contribution is 2.24. The van der Waals surface area contributed by atoms with Crippen molar-refractivity contribution in [3.8, 4) is 6.01 Å². The van der Waals surface area contributed by atoms with Gasteiger partial charge in [0.1, 0.15) is 0 Å². The minimum absolute atomic E-state index is 0.314. The zero-order valence-electron chi connectivity index (χ0n) is 14.9. The summed E-state index contributed by atoms with van der Waals surface area (Å²) in [5.74, 6) is 0.514. The highest BCUT2D eigenvalue weighted by molar-refractivity contribution is 7.89. The summed E-state index contributed by atoms with van der Waals surface area (Å²) < 4.78 is 35.3. The largest absolute Gasteiger partial charge is 0.467 e. The molecule has 0 fully saturated rings. The van der Waals surface area contributed by atoms with Gasteiger partial charge in [0.2, 0.25) is 10.0 Å². The predicted octanol–water partition coefficient (Wildman–Crippen LogP) is 2.27. The Labute approximate surface area is 143 Å². The minimum atomic E-state index is -3.68. The quantitative estimate of drug-likeness (QED) is 0.862. The summed E-state index contributed by atoms with van der Waals surface area (Å²) in [4.78, 5) is 0.314. The van der Waals surface area contributed by atoms with E-state index in [9.17, 15) is 8.42 Å². The third-order valence-electron chi connectivity index (χ3n) is 3.84. The fourth-order valence-corrected chi connectivity index (χ4v) is 4.66. The fourth-order valence-electron chi connectivity index (χ4n) is 3.00. The standard InChI is InChI=1S/C16H24N4O3S/c1-7-20-15(17-18-16(20)23-6)13(5)19-24(21,22)14-11(3)8-10(2)9-12(14)4/h8-9,13,19H,7H2,1-6H3/t13-/m1/s1. The Kier molecular flexibility index (Phi) is 5.29. The number of rotatable bonds is 6. The van der Waals surface area contributed by atoms with Crippen molar-refractivity contribution in [3.63, 3.8) is 0 Å². The first-order valence-corrected chi connectivity index (χ1v) is 9.26. The van der Waals surface area contributed by atoms with Gasteiger partial charge in [0.15, 0.2) is 5.82 Å². The van der Waals surface area contributed by atoms with Gasteiger partial charge in [0.05, 0.1) is 18.0 Å². The molecule has 7 nitrogen and oxygen atoms in total. The molecule has 24 heavy (non-hydrogen) atoms. The molecule has 8 heteroatoms. The van der Waals surface area contributed by atoms with Crippen LogP contribution in [0.3, 0.4) is 0 Å². The van der Waals surface area contributed by atoms with E-state index in [0.717, 1.165) is 16.7 Å². The Morgan fingerprint density at radius 2 is 1.79 bits per heavy atom. The number of methoxy groups -OCH3 is 1. The van der Waals surface area contributed by atoms with E-state index in [0.29, 0.717) is 23.3 Å². The zero-order chi connectivity index (χ0) is 18.1. The molecule has 0 spiro atoms. The van der Waals surface area contributed by atoms with Crippen molar-refractivity contribution in [3.05, 3.63) is 34.6 Å². The van der Waals surface area contributed by atoms with Gasteiger partial charge in [-0.05, 0) is 45.7 Å². The van der Waals surface area contributed by atoms with Gasteiger partial charge >= 0.3 is 6.01 Å². The molecule has 1 aromatic heterocycles. The molecule has 1 aromatic carbocycles. The molecule has 0 aliphatic rings. The first-order valence-electron chi connectivity index (χ1n) is 7.78. The molecule has 2 rings (SSSR count). The lowest BCUT2D eigenvalue weighted by atomic mass is 10.1. The van der Waals surface area contributed by atoms with Crippen LogP contribution in [0, 0.1) is 20.8 Å². The number of sulfonamides is 1. The van der Waals surface area contributed by atoms with E-state index in [1.807, 2.05) is 26.0 Å². The topological polar surface area (TPSA) is 86.1 Å². The van der Waals surface area contributed by atoms with Gasteiger partial charge in [-0.3, -0.25) is 4.57 Å². The van der Waals surface area contributed by atoms with Gasteiger partial charge < -0.3 is 4.74 Å². The molecule has 0 bridgehead atoms. The van der Waals surface area contributed by atoms with Crippen LogP contribution in [0.1, 0.15) is 42.4 Å². The Balaban J connectivity index is 2.38. The smallest absolute Gasteiger partial charge is 0.316 e. The van der Waals surface area contributed by atoms with Crippen molar-refractivity contribution in [1.82, 2.24) is 19.5 Å². The van der Waals surface area contributed by atoms with Crippen LogP contribution in [0.2, 0.25) is 0 Å². The number of nitrogens with one attached hydrogen (secondary N) is 1. The first kappa shape index (κ1) is 18.4. The molecule has 132 valence electrons. The van der Waals surface area contributed by atoms with Crippen LogP contribution in [0.25, 0.3) is 0 Å². The molecular formula is C16H24N4O3S. The van der Waals surface area contributed by atoms with Gasteiger partial charge in [-0.15, -0.1) is 5.10 Å². The summed E-state index contributed by atoms with van der Waals surface area (Å²) in [5.41, 5.74) is 2.48. The average Bonchev–Trinajstić information content (AvgIpc) is 2.87. The van der Waals surface area contributed by atoms with E-state index >= 15 is 0 Å². The molecule has 0 unspecified atom stereocenters. The van der Waals surface area contributed by atoms with Crippen molar-refractivity contribution in [2.45, 2.75) is 52.1 Å². The van der Waals surface area contributed by atoms with Crippen LogP contribution >= 0.6 is 0 Å². The Hall–Kier alpha value is -1.93. The second kappa shape index (κ2) is 6.90. The summed E-state index contributed by atoms with van der Waals surface area (Å²) in [6, 6.07) is 3.56. The monoisotopic (exact) mass is 352 g/mol. The third kappa shape index (κ3) is 3.44. The molecule has 1 atom stereocenters. The third-order valence-corrected chi connectivity index (χ3v) is 5.68. The highest BCUT2D eigenvalue weighted by Gasteiger charge is 2.26. The van der Waals surface area contributed by atoms with Crippen molar-refractivity contribution < 1.29 is 13.2 Å². The Morgan fingerprint density at radius 1 is 1.21 bits per heavy atom. The van der Waals surface area contributed by atoms with Crippen LogP contribution in [0.15, 0.2) is 17.0 Å². The number of benzene rings is 1. The van der Waals surface area contributed by atoms with Crippen molar-refractivity contribution in [1.29, 1.82) is 0 Å². The number of ether oxygens (including phenoxy) is 1. The Morgan fingerprint density at radius 3 is 2.29 bits per heavy atom. The van der Waals surface area contributed by atoms with E-state index in [-0.39, 0.29) is 0 Å². The molecule has 2 aromatic rings. The molecule has 0 amide bonds. The summed E-state index contributed by atoms with van der Waals surface area (Å²) >= 11 is 0. The van der Waals surface area contributed by atoms with Crippen molar-refractivity contribution in [2.75, 3.05) is 7.11 Å². The first-order chi connectivity index (χ1) is 11.2. The molecule has 0 radical (unpaired) electrons. The van der Waals surface area contributed by atoms with E-state index in [1.165, 1.54) is 7.11 Å². The highest BCUT2D eigenvalue weighted by atomic mass is 32.2. The van der Waals surface area contributed by atoms with Gasteiger partial charge in [0, 0.05) is 6.54 Å². The minimum Gasteiger partial charge on any atom is -0.467 e. The number of aryl methyl sites for hydroxylation is 3. The molecule has 1 N–H and O–H groups in total. The summed E-state index contributed by atoms with van der Waals surface area (Å²) in [6.45, 7) is 9.80. The van der Waals surface area contributed by atoms with Crippen LogP contribution in [-0.2, 0) is 16.6 Å². The number of hydrogen-bond donors (Lipinski definition) is 1. The van der Waals surface area contributed by atoms with E-state index in [1.54, 1.807) is 25.3 Å². The van der Waals surface area contributed by atoms with E-state index in [2.05, 4.69) is 14.9 Å². The zero-order valence-corrected chi connectivity index (χ0v) is 15.7. The lowest BCUT2D eigenvalue weighted by Gasteiger charge is -2.17. The van der Waals surface area contributed by atoms with Crippen molar-refractivity contribution in [2.24, 2.45) is 0 Å². The maximum atomic E-state index is 12.8. The molecule has 0 saturated carbocycles. The number of aromatic nitrogens is 3. The van der Waals surface area contributed by atoms with Gasteiger partial charge in [-0.2, -0.15) is 0 Å². The van der Waals surface area contributed by atoms with Crippen molar-refractivity contribution >= 4 is 10.0 Å². The molecular weight excluding hydrogens is 328 g/mol. The average molecular weight is 352 g/mol. The van der Waals surface area contributed by atoms with Crippen LogP contribution < -0.4 is 9.46 Å². The number of nitrogens with zero attached hydrogens (tertiary/aromatic N) is 3. The maximum absolute atomic E-state index is 12.8. The fraction of sp³-hybridized carbons (Fsp3) is 0.500. The lowest BCUT2D eigenvalue weighted by Crippen LogP contribution is -2.30. The van der Waals surface area contributed by atoms with Crippen LogP contribution in [0.4, 0.5) is 0 Å². The summed E-state index contributed by atoms with van der Waals surface area (Å²) in [5, 5.41) is 7.99. The maximum Gasteiger partial charge on any atom is 0.316 e. The second-order valence-corrected chi connectivity index (χ2v) is 7.51. The second-order valence-electron chi connectivity index (χ2n) is 5.86. The SMILES string of the molecule is CCn1c(OC)nnc1[C@@H](C)NS(=O)(=O)c1c(C)cc(C)cc1C. The van der Waals surface area contributed by atoms with Gasteiger partial charge in [0.25, 0.3) is 0 Å². The normalized spacial score (nSPS) is 13.1. The van der Waals surface area contributed by atoms with E-state index in [4.69, 9.17) is 4.74 Å². The Bertz CT molecular complexity index is 820. The number of hydrogen-bond acceptors (Lipinski definition) is 5. The van der Waals surface area contributed by atoms with Crippen LogP contribution in [0.5, 0.6) is 6.01 Å². The predicted molar refractivity (Wildman–Crippen MR) is 91.6 cm³/mol. The van der Waals surface area contributed by atoms with Crippen LogP contribution in [-0.4, -0.2) is 30.3 Å². The van der Waals surface area contributed by atoms with Gasteiger partial charge in [-0.1, -0.05) is 22.8 Å². The molecule has 1 heterocycles. The van der Waals surface area contributed by atoms with E-state index < -0.39 is 16.1 Å². The lowest BCUT2D eigenvalue weighted by molar-refractivity contribution is 0.354. The van der Waals surface area contributed by atoms with Gasteiger partial charge in [-0.25, -0.2) is 13.1 Å².